The highest BCUT2D eigenvalue weighted by Crippen LogP contribution is 2.37. The maximum Gasteiger partial charge on any atom is 0.420 e. The summed E-state index contributed by atoms with van der Waals surface area (Å²) in [6.07, 6.45) is 7.55. The molecule has 1 aromatic carbocycles. The average Bonchev–Trinajstić information content (AvgIpc) is 2.56. The summed E-state index contributed by atoms with van der Waals surface area (Å²) < 4.78 is 39.4. The lowest BCUT2D eigenvalue weighted by Gasteiger charge is -2.36. The molecule has 0 saturated carbocycles. The Morgan fingerprint density at radius 1 is 1.13 bits per heavy atom. The normalized spacial score (nSPS) is 22.7. The van der Waals surface area contributed by atoms with Crippen LogP contribution in [-0.4, -0.2) is 17.6 Å². The number of alkyl halides is 3. The van der Waals surface area contributed by atoms with Gasteiger partial charge in [-0.05, 0) is 43.4 Å². The summed E-state index contributed by atoms with van der Waals surface area (Å²) >= 11 is 0. The second-order valence-electron chi connectivity index (χ2n) is 5.78. The van der Waals surface area contributed by atoms with Crippen LogP contribution in [0.2, 0.25) is 0 Å². The highest BCUT2D eigenvalue weighted by atomic mass is 19.4. The molecule has 0 amide bonds. The van der Waals surface area contributed by atoms with Gasteiger partial charge in [-0.25, -0.2) is 0 Å². The molecule has 1 aliphatic carbocycles. The average molecular weight is 322 g/mol. The molecule has 2 aliphatic rings. The number of allylic oxidation sites excluding steroid dienone is 2. The van der Waals surface area contributed by atoms with Crippen molar-refractivity contribution in [2.45, 2.75) is 37.9 Å². The summed E-state index contributed by atoms with van der Waals surface area (Å²) in [6.45, 7) is 0.627. The Bertz CT molecular complexity index is 607. The van der Waals surface area contributed by atoms with Gasteiger partial charge >= 0.3 is 6.18 Å². The molecular formula is C18H19F3NO. The minimum atomic E-state index is -4.42. The number of halogens is 3. The number of para-hydroxylation sites is 1. The molecule has 1 heterocycles. The highest BCUT2D eigenvalue weighted by molar-refractivity contribution is 5.36. The summed E-state index contributed by atoms with van der Waals surface area (Å²) in [5, 5.41) is 1.70. The summed E-state index contributed by atoms with van der Waals surface area (Å²) in [5.41, 5.74) is 0.365. The Balaban J connectivity index is 1.83. The van der Waals surface area contributed by atoms with Crippen molar-refractivity contribution < 1.29 is 18.0 Å². The lowest BCUT2D eigenvalue weighted by molar-refractivity contribution is -0.148. The zero-order chi connectivity index (χ0) is 16.3. The van der Waals surface area contributed by atoms with Gasteiger partial charge in [0.25, 0.3) is 0 Å². The zero-order valence-electron chi connectivity index (χ0n) is 12.7. The van der Waals surface area contributed by atoms with Crippen LogP contribution in [-0.2, 0) is 6.18 Å². The third-order valence-electron chi connectivity index (χ3n) is 4.14. The number of hydroxylamine groups is 2. The van der Waals surface area contributed by atoms with Crippen molar-refractivity contribution in [2.75, 3.05) is 6.54 Å². The molecule has 0 aromatic heterocycles. The van der Waals surface area contributed by atoms with E-state index < -0.39 is 11.7 Å². The van der Waals surface area contributed by atoms with E-state index in [1.165, 1.54) is 12.1 Å². The fourth-order valence-electron chi connectivity index (χ4n) is 3.02. The number of rotatable bonds is 3. The van der Waals surface area contributed by atoms with Gasteiger partial charge in [-0.2, -0.15) is 13.2 Å². The van der Waals surface area contributed by atoms with Gasteiger partial charge in [-0.15, -0.1) is 5.06 Å². The molecule has 1 unspecified atom stereocenters. The largest absolute Gasteiger partial charge is 0.420 e. The minimum Gasteiger partial charge on any atom is -0.405 e. The van der Waals surface area contributed by atoms with E-state index in [4.69, 9.17) is 4.84 Å². The minimum absolute atomic E-state index is 0.00200. The maximum absolute atomic E-state index is 13.1. The van der Waals surface area contributed by atoms with Crippen LogP contribution < -0.4 is 4.84 Å². The SMILES string of the molecule is FC(F)(F)c1ccccc1ON1CCCCC1C1=C[CH]CC=C1. The van der Waals surface area contributed by atoms with Gasteiger partial charge in [0.1, 0.15) is 5.56 Å². The van der Waals surface area contributed by atoms with Crippen LogP contribution in [0, 0.1) is 6.42 Å². The molecule has 1 atom stereocenters. The number of hydrogen-bond donors (Lipinski definition) is 0. The van der Waals surface area contributed by atoms with Crippen molar-refractivity contribution in [3.8, 4) is 5.75 Å². The predicted molar refractivity (Wildman–Crippen MR) is 82.6 cm³/mol. The number of nitrogens with zero attached hydrogens (tertiary/aromatic N) is 1. The molecule has 123 valence electrons. The van der Waals surface area contributed by atoms with E-state index in [0.717, 1.165) is 37.3 Å². The molecule has 2 nitrogen and oxygen atoms in total. The molecule has 23 heavy (non-hydrogen) atoms. The van der Waals surface area contributed by atoms with Gasteiger partial charge in [-0.1, -0.05) is 36.8 Å². The van der Waals surface area contributed by atoms with E-state index in [-0.39, 0.29) is 11.8 Å². The van der Waals surface area contributed by atoms with E-state index in [1.54, 1.807) is 11.1 Å². The Morgan fingerprint density at radius 3 is 2.70 bits per heavy atom. The Morgan fingerprint density at radius 2 is 1.96 bits per heavy atom. The zero-order valence-corrected chi connectivity index (χ0v) is 12.7. The summed E-state index contributed by atoms with van der Waals surface area (Å²) in [7, 11) is 0. The second-order valence-corrected chi connectivity index (χ2v) is 5.78. The van der Waals surface area contributed by atoms with Crippen LogP contribution in [0.3, 0.4) is 0 Å². The third-order valence-corrected chi connectivity index (χ3v) is 4.14. The fourth-order valence-corrected chi connectivity index (χ4v) is 3.02. The van der Waals surface area contributed by atoms with Crippen molar-refractivity contribution in [2.24, 2.45) is 0 Å². The first-order chi connectivity index (χ1) is 11.1. The predicted octanol–water partition coefficient (Wildman–Crippen LogP) is 4.94. The number of benzene rings is 1. The second kappa shape index (κ2) is 6.79. The van der Waals surface area contributed by atoms with Crippen molar-refractivity contribution in [1.82, 2.24) is 5.06 Å². The van der Waals surface area contributed by atoms with E-state index in [1.807, 2.05) is 12.2 Å². The van der Waals surface area contributed by atoms with Crippen molar-refractivity contribution >= 4 is 0 Å². The van der Waals surface area contributed by atoms with Gasteiger partial charge in [0, 0.05) is 6.54 Å². The third kappa shape index (κ3) is 3.78. The van der Waals surface area contributed by atoms with Crippen LogP contribution in [0.15, 0.2) is 48.1 Å². The number of piperidine rings is 1. The van der Waals surface area contributed by atoms with Crippen molar-refractivity contribution in [3.63, 3.8) is 0 Å². The topological polar surface area (TPSA) is 12.5 Å². The van der Waals surface area contributed by atoms with E-state index in [2.05, 4.69) is 12.5 Å². The molecule has 0 N–H and O–H groups in total. The Hall–Kier alpha value is -1.75. The molecule has 0 bridgehead atoms. The van der Waals surface area contributed by atoms with Gasteiger partial charge in [0.15, 0.2) is 5.75 Å². The van der Waals surface area contributed by atoms with Crippen molar-refractivity contribution in [1.29, 1.82) is 0 Å². The highest BCUT2D eigenvalue weighted by Gasteiger charge is 2.36. The molecule has 0 spiro atoms. The molecular weight excluding hydrogens is 303 g/mol. The molecule has 5 heteroatoms. The van der Waals surface area contributed by atoms with E-state index in [9.17, 15) is 13.2 Å². The van der Waals surface area contributed by atoms with Crippen LogP contribution in [0.25, 0.3) is 0 Å². The van der Waals surface area contributed by atoms with Gasteiger partial charge < -0.3 is 4.84 Å². The lowest BCUT2D eigenvalue weighted by Crippen LogP contribution is -2.43. The Labute approximate surface area is 134 Å². The fraction of sp³-hybridized carbons (Fsp3) is 0.389. The molecule has 1 saturated heterocycles. The van der Waals surface area contributed by atoms with Crippen LogP contribution in [0.5, 0.6) is 5.75 Å². The standard InChI is InChI=1S/C18H19F3NO/c19-18(20,21)15-10-4-5-12-17(15)23-22-13-7-6-11-16(22)14-8-2-1-3-9-14/h2-5,8-10,12,16H,1,6-7,11,13H2. The van der Waals surface area contributed by atoms with E-state index in [0.29, 0.717) is 6.54 Å². The summed E-state index contributed by atoms with van der Waals surface area (Å²) in [6, 6.07) is 5.38. The quantitative estimate of drug-likeness (QED) is 0.781. The lowest BCUT2D eigenvalue weighted by atomic mass is 9.93. The van der Waals surface area contributed by atoms with E-state index >= 15 is 0 Å². The first-order valence-corrected chi connectivity index (χ1v) is 7.86. The van der Waals surface area contributed by atoms with Crippen LogP contribution >= 0.6 is 0 Å². The van der Waals surface area contributed by atoms with Gasteiger partial charge in [-0.3, -0.25) is 0 Å². The first-order valence-electron chi connectivity index (χ1n) is 7.86. The monoisotopic (exact) mass is 322 g/mol. The first kappa shape index (κ1) is 16.1. The molecule has 1 radical (unpaired) electrons. The molecule has 1 fully saturated rings. The molecule has 1 aliphatic heterocycles. The maximum atomic E-state index is 13.1. The van der Waals surface area contributed by atoms with Crippen LogP contribution in [0.1, 0.15) is 31.2 Å². The van der Waals surface area contributed by atoms with Gasteiger partial charge in [0.2, 0.25) is 0 Å². The molecule has 1 aromatic rings. The summed E-state index contributed by atoms with van der Waals surface area (Å²) in [5.74, 6) is -0.128. The summed E-state index contributed by atoms with van der Waals surface area (Å²) in [4.78, 5) is 5.70. The van der Waals surface area contributed by atoms with Crippen LogP contribution in [0.4, 0.5) is 13.2 Å². The smallest absolute Gasteiger partial charge is 0.405 e. The molecule has 3 rings (SSSR count). The number of hydrogen-bond acceptors (Lipinski definition) is 2. The Kier molecular flexibility index (Phi) is 4.76. The van der Waals surface area contributed by atoms with Crippen molar-refractivity contribution in [3.05, 3.63) is 60.1 Å². The van der Waals surface area contributed by atoms with Gasteiger partial charge in [0.05, 0.1) is 6.04 Å².